The summed E-state index contributed by atoms with van der Waals surface area (Å²) in [6.45, 7) is 15.5. The van der Waals surface area contributed by atoms with Crippen LogP contribution in [0.25, 0.3) is 0 Å². The summed E-state index contributed by atoms with van der Waals surface area (Å²) >= 11 is 0. The highest BCUT2D eigenvalue weighted by Crippen LogP contribution is 2.24. The first-order chi connectivity index (χ1) is 9.12. The van der Waals surface area contributed by atoms with Crippen LogP contribution in [0.5, 0.6) is 5.88 Å². The fourth-order valence-corrected chi connectivity index (χ4v) is 1.60. The zero-order valence-corrected chi connectivity index (χ0v) is 14.0. The Labute approximate surface area is 123 Å². The van der Waals surface area contributed by atoms with Gasteiger partial charge in [-0.15, -0.1) is 0 Å². The van der Waals surface area contributed by atoms with Gasteiger partial charge in [-0.3, -0.25) is 0 Å². The summed E-state index contributed by atoms with van der Waals surface area (Å²) in [5.74, 6) is 2.28. The molecule has 0 aliphatic heterocycles. The normalized spacial score (nSPS) is 12.3. The molecule has 0 aliphatic carbocycles. The molecule has 114 valence electrons. The second-order valence-corrected chi connectivity index (χ2v) is 7.24. The molecule has 0 bridgehead atoms. The van der Waals surface area contributed by atoms with Gasteiger partial charge in [0.2, 0.25) is 5.88 Å². The maximum atomic E-state index is 5.75. The van der Waals surface area contributed by atoms with E-state index in [2.05, 4.69) is 63.8 Å². The van der Waals surface area contributed by atoms with Gasteiger partial charge in [0, 0.05) is 17.0 Å². The van der Waals surface area contributed by atoms with E-state index in [0.29, 0.717) is 12.5 Å². The van der Waals surface area contributed by atoms with Crippen molar-refractivity contribution in [3.05, 3.63) is 11.9 Å². The van der Waals surface area contributed by atoms with E-state index < -0.39 is 0 Å². The quantitative estimate of drug-likeness (QED) is 0.822. The molecule has 1 aromatic rings. The number of rotatable bonds is 5. The van der Waals surface area contributed by atoms with E-state index in [1.807, 2.05) is 6.07 Å². The van der Waals surface area contributed by atoms with Crippen LogP contribution in [-0.4, -0.2) is 22.1 Å². The molecule has 4 nitrogen and oxygen atoms in total. The van der Waals surface area contributed by atoms with E-state index in [1.165, 1.54) is 0 Å². The highest BCUT2D eigenvalue weighted by Gasteiger charge is 2.21. The van der Waals surface area contributed by atoms with Gasteiger partial charge < -0.3 is 10.1 Å². The van der Waals surface area contributed by atoms with Gasteiger partial charge in [-0.1, -0.05) is 34.1 Å². The first-order valence-electron chi connectivity index (χ1n) is 7.42. The minimum absolute atomic E-state index is 0.0375. The molecule has 4 heteroatoms. The van der Waals surface area contributed by atoms with Crippen LogP contribution in [0, 0.1) is 0 Å². The predicted molar refractivity (Wildman–Crippen MR) is 84.5 cm³/mol. The van der Waals surface area contributed by atoms with E-state index in [9.17, 15) is 0 Å². The van der Waals surface area contributed by atoms with Gasteiger partial charge >= 0.3 is 0 Å². The van der Waals surface area contributed by atoms with Crippen LogP contribution in [0.2, 0.25) is 0 Å². The lowest BCUT2D eigenvalue weighted by Crippen LogP contribution is -2.28. The van der Waals surface area contributed by atoms with Crippen molar-refractivity contribution in [1.82, 2.24) is 9.97 Å². The fourth-order valence-electron chi connectivity index (χ4n) is 1.60. The summed E-state index contributed by atoms with van der Waals surface area (Å²) < 4.78 is 5.75. The van der Waals surface area contributed by atoms with Crippen molar-refractivity contribution in [3.63, 3.8) is 0 Å². The van der Waals surface area contributed by atoms with Crippen LogP contribution in [-0.2, 0) is 5.41 Å². The number of nitrogens with one attached hydrogen (secondary N) is 1. The standard InChI is InChI=1S/C16H29N3O/c1-8-9-10-20-13-11-12(19-16(5,6)7)17-14(18-13)15(2,3)4/h11H,8-10H2,1-7H3,(H,17,18,19). The van der Waals surface area contributed by atoms with Gasteiger partial charge in [-0.2, -0.15) is 4.98 Å². The third-order valence-corrected chi connectivity index (χ3v) is 2.62. The monoisotopic (exact) mass is 279 g/mol. The molecule has 0 amide bonds. The van der Waals surface area contributed by atoms with Crippen LogP contribution >= 0.6 is 0 Å². The number of anilines is 1. The largest absolute Gasteiger partial charge is 0.478 e. The second kappa shape index (κ2) is 6.42. The molecule has 0 aliphatic rings. The highest BCUT2D eigenvalue weighted by molar-refractivity contribution is 5.41. The summed E-state index contributed by atoms with van der Waals surface area (Å²) in [6, 6.07) is 1.89. The molecule has 0 atom stereocenters. The minimum atomic E-state index is -0.0988. The van der Waals surface area contributed by atoms with Crippen LogP contribution < -0.4 is 10.1 Å². The molecule has 1 heterocycles. The molecule has 1 rings (SSSR count). The van der Waals surface area contributed by atoms with Crippen molar-refractivity contribution in [2.45, 2.75) is 72.3 Å². The van der Waals surface area contributed by atoms with Crippen LogP contribution in [0.15, 0.2) is 6.07 Å². The molecular weight excluding hydrogens is 250 g/mol. The zero-order chi connectivity index (χ0) is 15.4. The van der Waals surface area contributed by atoms with Crippen LogP contribution in [0.3, 0.4) is 0 Å². The maximum absolute atomic E-state index is 5.75. The van der Waals surface area contributed by atoms with Crippen molar-refractivity contribution >= 4 is 5.82 Å². The molecule has 1 N–H and O–H groups in total. The van der Waals surface area contributed by atoms with Crippen molar-refractivity contribution < 1.29 is 4.74 Å². The number of nitrogens with zero attached hydrogens (tertiary/aromatic N) is 2. The Morgan fingerprint density at radius 3 is 2.25 bits per heavy atom. The summed E-state index contributed by atoms with van der Waals surface area (Å²) in [5.41, 5.74) is -0.136. The van der Waals surface area contributed by atoms with Gasteiger partial charge in [-0.05, 0) is 27.2 Å². The average Bonchev–Trinajstić information content (AvgIpc) is 2.25. The molecular formula is C16H29N3O. The van der Waals surface area contributed by atoms with Crippen molar-refractivity contribution in [2.75, 3.05) is 11.9 Å². The molecule has 0 unspecified atom stereocenters. The molecule has 0 saturated heterocycles. The topological polar surface area (TPSA) is 47.0 Å². The Hall–Kier alpha value is -1.32. The van der Waals surface area contributed by atoms with Gasteiger partial charge in [0.1, 0.15) is 11.6 Å². The lowest BCUT2D eigenvalue weighted by Gasteiger charge is -2.24. The second-order valence-electron chi connectivity index (χ2n) is 7.24. The van der Waals surface area contributed by atoms with E-state index in [0.717, 1.165) is 24.5 Å². The molecule has 0 spiro atoms. The average molecular weight is 279 g/mol. The lowest BCUT2D eigenvalue weighted by atomic mass is 9.96. The predicted octanol–water partition coefficient (Wildman–Crippen LogP) is 4.16. The first-order valence-corrected chi connectivity index (χ1v) is 7.42. The van der Waals surface area contributed by atoms with E-state index in [1.54, 1.807) is 0 Å². The Morgan fingerprint density at radius 2 is 1.75 bits per heavy atom. The summed E-state index contributed by atoms with van der Waals surface area (Å²) in [6.07, 6.45) is 2.15. The molecule has 20 heavy (non-hydrogen) atoms. The van der Waals surface area contributed by atoms with Crippen molar-refractivity contribution in [3.8, 4) is 5.88 Å². The third-order valence-electron chi connectivity index (χ3n) is 2.62. The zero-order valence-electron chi connectivity index (χ0n) is 14.0. The van der Waals surface area contributed by atoms with Crippen LogP contribution in [0.4, 0.5) is 5.82 Å². The van der Waals surface area contributed by atoms with E-state index in [-0.39, 0.29) is 11.0 Å². The van der Waals surface area contributed by atoms with Gasteiger partial charge in [0.05, 0.1) is 6.61 Å². The number of unbranched alkanes of at least 4 members (excludes halogenated alkanes) is 1. The third kappa shape index (κ3) is 5.76. The molecule has 1 aromatic heterocycles. The highest BCUT2D eigenvalue weighted by atomic mass is 16.5. The van der Waals surface area contributed by atoms with Crippen molar-refractivity contribution in [1.29, 1.82) is 0 Å². The van der Waals surface area contributed by atoms with Gasteiger partial charge in [0.15, 0.2) is 0 Å². The maximum Gasteiger partial charge on any atom is 0.218 e. The Bertz CT molecular complexity index is 430. The SMILES string of the molecule is CCCCOc1cc(NC(C)(C)C)nc(C(C)(C)C)n1. The number of hydrogen-bond donors (Lipinski definition) is 1. The number of hydrogen-bond acceptors (Lipinski definition) is 4. The van der Waals surface area contributed by atoms with Gasteiger partial charge in [0.25, 0.3) is 0 Å². The van der Waals surface area contributed by atoms with E-state index >= 15 is 0 Å². The van der Waals surface area contributed by atoms with Crippen molar-refractivity contribution in [2.24, 2.45) is 0 Å². The molecule has 0 radical (unpaired) electrons. The molecule has 0 fully saturated rings. The fraction of sp³-hybridized carbons (Fsp3) is 0.750. The Morgan fingerprint density at radius 1 is 1.10 bits per heavy atom. The minimum Gasteiger partial charge on any atom is -0.478 e. The van der Waals surface area contributed by atoms with Crippen LogP contribution in [0.1, 0.15) is 67.1 Å². The molecule has 0 saturated carbocycles. The smallest absolute Gasteiger partial charge is 0.218 e. The summed E-state index contributed by atoms with van der Waals surface area (Å²) in [4.78, 5) is 9.15. The van der Waals surface area contributed by atoms with Gasteiger partial charge in [-0.25, -0.2) is 4.98 Å². The Kier molecular flexibility index (Phi) is 5.37. The summed E-state index contributed by atoms with van der Waals surface area (Å²) in [7, 11) is 0. The Balaban J connectivity index is 3.02. The number of ether oxygens (including phenoxy) is 1. The first kappa shape index (κ1) is 16.7. The summed E-state index contributed by atoms with van der Waals surface area (Å²) in [5, 5.41) is 3.39. The van der Waals surface area contributed by atoms with E-state index in [4.69, 9.17) is 4.74 Å². The number of aromatic nitrogens is 2. The molecule has 0 aromatic carbocycles. The lowest BCUT2D eigenvalue weighted by molar-refractivity contribution is 0.294.